The van der Waals surface area contributed by atoms with Crippen LogP contribution in [0, 0.1) is 13.8 Å². The van der Waals surface area contributed by atoms with E-state index >= 15 is 0 Å². The number of aliphatic carboxylic acids is 2. The van der Waals surface area contributed by atoms with Crippen LogP contribution in [0.5, 0.6) is 0 Å². The van der Waals surface area contributed by atoms with Gasteiger partial charge in [0.25, 0.3) is 0 Å². The van der Waals surface area contributed by atoms with E-state index in [4.69, 9.17) is 19.8 Å². The highest BCUT2D eigenvalue weighted by Crippen LogP contribution is 2.42. The third-order valence-electron chi connectivity index (χ3n) is 9.89. The fourth-order valence-electron chi connectivity index (χ4n) is 6.87. The van der Waals surface area contributed by atoms with Gasteiger partial charge in [-0.3, -0.25) is 19.4 Å². The number of amides is 1. The number of methoxy groups -OCH3 is 1. The van der Waals surface area contributed by atoms with Crippen LogP contribution in [0.2, 0.25) is 0 Å². The first kappa shape index (κ1) is 36.5. The number of esters is 1. The molecule has 0 fully saturated rings. The van der Waals surface area contributed by atoms with Gasteiger partial charge in [-0.05, 0) is 80.2 Å². The Morgan fingerprint density at radius 3 is 2.10 bits per heavy atom. The first-order chi connectivity index (χ1) is 24.3. The Hall–Kier alpha value is -5.78. The number of ether oxygens (including phenoxy) is 1. The normalized spacial score (nSPS) is 16.0. The predicted octanol–water partition coefficient (Wildman–Crippen LogP) is 6.81. The molecule has 3 aromatic heterocycles. The number of rotatable bonds is 12. The van der Waals surface area contributed by atoms with Gasteiger partial charge in [-0.15, -0.1) is 0 Å². The summed E-state index contributed by atoms with van der Waals surface area (Å²) >= 11 is 0. The molecule has 2 unspecified atom stereocenters. The Balaban J connectivity index is 1.74. The third-order valence-corrected chi connectivity index (χ3v) is 9.89. The Bertz CT molecular complexity index is 2160. The molecule has 51 heavy (non-hydrogen) atoms. The van der Waals surface area contributed by atoms with Gasteiger partial charge in [0.05, 0.1) is 24.9 Å². The van der Waals surface area contributed by atoms with E-state index in [0.29, 0.717) is 17.8 Å². The van der Waals surface area contributed by atoms with Gasteiger partial charge in [-0.1, -0.05) is 32.2 Å². The van der Waals surface area contributed by atoms with E-state index in [1.54, 1.807) is 6.08 Å². The SMILES string of the molecule is C=Cc1c(C)c2cc3[nH]c(cc4nc(cc5nc(cc1[nH]2)C(C)=C5CCC(=O)N[C@@H](CC(=O)O)C(=O)O)C(CCC(=O)OC)C4C)c(C)c3C=C. The standard InChI is InChI=1S/C39H43N5O7/c1-8-23-19(3)27-14-28-22(6)26(11-13-38(48)51-7)34(42-28)17-33-25(10-12-36(45)44-35(39(49)50)18-37(46)47)21(5)30(43-33)16-32-24(9-2)20(4)29(41-32)15-31(23)40-27/h8-9,14-17,22,26,35,40-41H,1-2,10-13,18H2,3-7H3,(H,44,45)(H,46,47)(H,49,50)/t22?,26?,35-/m0/s1. The first-order valence-corrected chi connectivity index (χ1v) is 16.8. The summed E-state index contributed by atoms with van der Waals surface area (Å²) in [5, 5.41) is 20.9. The number of carboxylic acids is 2. The van der Waals surface area contributed by atoms with Crippen molar-refractivity contribution in [2.45, 2.75) is 77.7 Å². The smallest absolute Gasteiger partial charge is 0.326 e. The molecule has 2 aliphatic rings. The van der Waals surface area contributed by atoms with Crippen molar-refractivity contribution in [1.82, 2.24) is 25.3 Å². The number of carboxylic acid groups (broad SMARTS) is 2. The van der Waals surface area contributed by atoms with Gasteiger partial charge in [0.1, 0.15) is 6.04 Å². The minimum atomic E-state index is -1.55. The number of allylic oxidation sites excluding steroid dienone is 2. The van der Waals surface area contributed by atoms with Crippen LogP contribution in [0.4, 0.5) is 0 Å². The van der Waals surface area contributed by atoms with Gasteiger partial charge in [0.15, 0.2) is 0 Å². The highest BCUT2D eigenvalue weighted by atomic mass is 16.5. The van der Waals surface area contributed by atoms with Crippen LogP contribution in [0.3, 0.4) is 0 Å². The number of hydrogen-bond donors (Lipinski definition) is 5. The van der Waals surface area contributed by atoms with E-state index in [9.17, 15) is 24.3 Å². The lowest BCUT2D eigenvalue weighted by Crippen LogP contribution is -2.42. The summed E-state index contributed by atoms with van der Waals surface area (Å²) in [6.45, 7) is 16.2. The number of hydrogen-bond acceptors (Lipinski definition) is 7. The van der Waals surface area contributed by atoms with Crippen molar-refractivity contribution in [3.8, 4) is 0 Å². The summed E-state index contributed by atoms with van der Waals surface area (Å²) in [6.07, 6.45) is 3.68. The molecule has 266 valence electrons. The van der Waals surface area contributed by atoms with E-state index in [1.165, 1.54) is 7.11 Å². The monoisotopic (exact) mass is 693 g/mol. The quantitative estimate of drug-likeness (QED) is 0.127. The zero-order valence-electron chi connectivity index (χ0n) is 29.5. The van der Waals surface area contributed by atoms with Gasteiger partial charge in [-0.2, -0.15) is 0 Å². The Labute approximate surface area is 295 Å². The van der Waals surface area contributed by atoms with Crippen molar-refractivity contribution < 1.29 is 34.1 Å². The molecule has 3 atom stereocenters. The highest BCUT2D eigenvalue weighted by Gasteiger charge is 2.31. The lowest BCUT2D eigenvalue weighted by Gasteiger charge is -2.15. The second-order valence-electron chi connectivity index (χ2n) is 13.0. The second kappa shape index (κ2) is 15.0. The number of carbonyl (C=O) groups is 4. The number of carbonyl (C=O) groups excluding carboxylic acids is 2. The topological polar surface area (TPSA) is 187 Å². The summed E-state index contributed by atoms with van der Waals surface area (Å²) in [4.78, 5) is 65.2. The van der Waals surface area contributed by atoms with E-state index < -0.39 is 30.3 Å². The fourth-order valence-corrected chi connectivity index (χ4v) is 6.87. The number of aromatic amines is 2. The van der Waals surface area contributed by atoms with Gasteiger partial charge >= 0.3 is 17.9 Å². The van der Waals surface area contributed by atoms with Crippen molar-refractivity contribution >= 4 is 69.2 Å². The number of aryl methyl sites for hydroxylation is 2. The number of nitrogens with one attached hydrogen (secondary N) is 3. The number of H-pyrrole nitrogens is 2. The molecule has 0 saturated carbocycles. The van der Waals surface area contributed by atoms with Crippen LogP contribution in [0.15, 0.2) is 37.4 Å². The largest absolute Gasteiger partial charge is 0.481 e. The van der Waals surface area contributed by atoms with Crippen LogP contribution < -0.4 is 5.32 Å². The average Bonchev–Trinajstić information content (AvgIpc) is 3.74. The molecule has 0 spiro atoms. The molecule has 0 aliphatic carbocycles. The molecule has 5 rings (SSSR count). The Morgan fingerprint density at radius 1 is 0.882 bits per heavy atom. The van der Waals surface area contributed by atoms with Crippen molar-refractivity contribution in [1.29, 1.82) is 0 Å². The van der Waals surface area contributed by atoms with E-state index in [-0.39, 0.29) is 37.1 Å². The zero-order valence-corrected chi connectivity index (χ0v) is 29.5. The summed E-state index contributed by atoms with van der Waals surface area (Å²) in [5.41, 5.74) is 11.7. The maximum atomic E-state index is 12.9. The summed E-state index contributed by atoms with van der Waals surface area (Å²) < 4.78 is 4.95. The van der Waals surface area contributed by atoms with Crippen molar-refractivity contribution in [2.75, 3.05) is 7.11 Å². The predicted molar refractivity (Wildman–Crippen MR) is 197 cm³/mol. The molecule has 12 heteroatoms. The van der Waals surface area contributed by atoms with Gasteiger partial charge in [-0.25, -0.2) is 9.78 Å². The first-order valence-electron chi connectivity index (χ1n) is 16.8. The van der Waals surface area contributed by atoms with Gasteiger partial charge in [0, 0.05) is 69.3 Å². The van der Waals surface area contributed by atoms with E-state index in [1.807, 2.05) is 51.1 Å². The minimum absolute atomic E-state index is 0.0552. The minimum Gasteiger partial charge on any atom is -0.481 e. The van der Waals surface area contributed by atoms with Crippen molar-refractivity contribution in [2.24, 2.45) is 0 Å². The summed E-state index contributed by atoms with van der Waals surface area (Å²) in [7, 11) is 1.36. The number of fused-ring (bicyclic) bond motifs is 8. The molecule has 1 amide bonds. The molecule has 0 aromatic carbocycles. The van der Waals surface area contributed by atoms with Crippen LogP contribution in [-0.2, 0) is 23.9 Å². The maximum absolute atomic E-state index is 12.9. The van der Waals surface area contributed by atoms with Crippen LogP contribution in [-0.4, -0.2) is 67.1 Å². The fraction of sp³-hybridized carbons (Fsp3) is 0.333. The maximum Gasteiger partial charge on any atom is 0.326 e. The van der Waals surface area contributed by atoms with Crippen LogP contribution in [0.25, 0.3) is 45.4 Å². The van der Waals surface area contributed by atoms with Crippen molar-refractivity contribution in [3.05, 3.63) is 82.5 Å². The lowest BCUT2D eigenvalue weighted by molar-refractivity contribution is -0.147. The molecular weight excluding hydrogens is 650 g/mol. The zero-order chi connectivity index (χ0) is 37.1. The van der Waals surface area contributed by atoms with Gasteiger partial charge < -0.3 is 30.2 Å². The van der Waals surface area contributed by atoms with Crippen LogP contribution in [0.1, 0.15) is 103 Å². The molecule has 3 aromatic rings. The Morgan fingerprint density at radius 2 is 1.51 bits per heavy atom. The third kappa shape index (κ3) is 7.54. The molecular formula is C39H43N5O7. The van der Waals surface area contributed by atoms with Crippen LogP contribution >= 0.6 is 0 Å². The van der Waals surface area contributed by atoms with Gasteiger partial charge in [0.2, 0.25) is 5.91 Å². The molecule has 0 saturated heterocycles. The van der Waals surface area contributed by atoms with Crippen molar-refractivity contribution in [3.63, 3.8) is 0 Å². The molecule has 2 aliphatic heterocycles. The average molecular weight is 694 g/mol. The summed E-state index contributed by atoms with van der Waals surface area (Å²) in [5.74, 6) is -3.87. The molecule has 5 heterocycles. The second-order valence-corrected chi connectivity index (χ2v) is 13.0. The molecule has 5 N–H and O–H groups in total. The van der Waals surface area contributed by atoms with E-state index in [2.05, 4.69) is 35.4 Å². The molecule has 8 bridgehead atoms. The summed E-state index contributed by atoms with van der Waals surface area (Å²) in [6, 6.07) is 6.38. The number of aromatic nitrogens is 4. The van der Waals surface area contributed by atoms with E-state index in [0.717, 1.165) is 66.9 Å². The Kier molecular flexibility index (Phi) is 10.7. The molecule has 0 radical (unpaired) electrons. The molecule has 12 nitrogen and oxygen atoms in total. The highest BCUT2D eigenvalue weighted by molar-refractivity contribution is 5.95. The lowest BCUT2D eigenvalue weighted by atomic mass is 9.87. The number of nitrogens with zero attached hydrogens (tertiary/aromatic N) is 2.